The molecule has 15 rings (SSSR count). The van der Waals surface area contributed by atoms with Gasteiger partial charge in [0.25, 0.3) is 0 Å². The van der Waals surface area contributed by atoms with Crippen LogP contribution in [0.1, 0.15) is 80.5 Å². The first kappa shape index (κ1) is 40.7. The van der Waals surface area contributed by atoms with E-state index in [2.05, 4.69) is 235 Å². The van der Waals surface area contributed by atoms with Crippen molar-refractivity contribution in [2.75, 3.05) is 4.90 Å². The van der Waals surface area contributed by atoms with Crippen molar-refractivity contribution < 1.29 is 8.83 Å². The number of aryl methyl sites for hydroxylation is 1. The van der Waals surface area contributed by atoms with Gasteiger partial charge in [-0.05, 0) is 151 Å². The number of rotatable bonds is 4. The number of nitrogens with zero attached hydrogens (tertiary/aromatic N) is 1. The summed E-state index contributed by atoms with van der Waals surface area (Å²) in [5, 5.41) is 7.18. The van der Waals surface area contributed by atoms with Gasteiger partial charge in [-0.15, -0.1) is 0 Å². The molecule has 2 aromatic heterocycles. The van der Waals surface area contributed by atoms with Crippen molar-refractivity contribution in [1.29, 1.82) is 0 Å². The average molecular weight is 914 g/mol. The van der Waals surface area contributed by atoms with Gasteiger partial charge in [0.15, 0.2) is 0 Å². The van der Waals surface area contributed by atoms with Crippen LogP contribution in [0.2, 0.25) is 0 Å². The lowest BCUT2D eigenvalue weighted by atomic mass is 9.79. The SMILES string of the molecule is Cc1ccc(-c2cc3c(c4c2oc2ccccc24)-c2ccc(N(c4ccc5c(c4)C(C)(C)c4cc6c(cc4-5)C(C)(C)c4ccc5oc7ccccc7c5c4-6)c4cccc5ccccc45)cc2C3(C)C)cc1. The van der Waals surface area contributed by atoms with Crippen LogP contribution in [-0.2, 0) is 16.2 Å². The molecule has 0 atom stereocenters. The van der Waals surface area contributed by atoms with Gasteiger partial charge in [0.1, 0.15) is 22.3 Å². The van der Waals surface area contributed by atoms with Crippen LogP contribution in [0, 0.1) is 6.92 Å². The molecule has 0 saturated heterocycles. The Kier molecular flexibility index (Phi) is 7.91. The molecule has 0 unspecified atom stereocenters. The quantitative estimate of drug-likeness (QED) is 0.176. The predicted molar refractivity (Wildman–Crippen MR) is 296 cm³/mol. The molecule has 0 radical (unpaired) electrons. The predicted octanol–water partition coefficient (Wildman–Crippen LogP) is 19.0. The fourth-order valence-electron chi connectivity index (χ4n) is 13.4. The smallest absolute Gasteiger partial charge is 0.143 e. The molecule has 340 valence electrons. The van der Waals surface area contributed by atoms with Crippen molar-refractivity contribution in [3.8, 4) is 44.5 Å². The van der Waals surface area contributed by atoms with E-state index in [1.165, 1.54) is 105 Å². The summed E-state index contributed by atoms with van der Waals surface area (Å²) in [5.41, 5.74) is 25.9. The molecule has 0 aliphatic heterocycles. The number of para-hydroxylation sites is 2. The van der Waals surface area contributed by atoms with Gasteiger partial charge in [-0.25, -0.2) is 0 Å². The molecule has 0 fully saturated rings. The number of benzene rings is 10. The molecule has 3 aliphatic rings. The molecule has 0 saturated carbocycles. The zero-order chi connectivity index (χ0) is 47.9. The highest BCUT2D eigenvalue weighted by Crippen LogP contribution is 2.60. The zero-order valence-corrected chi connectivity index (χ0v) is 41.1. The summed E-state index contributed by atoms with van der Waals surface area (Å²) in [4.78, 5) is 2.52. The van der Waals surface area contributed by atoms with Crippen molar-refractivity contribution >= 4 is 71.7 Å². The fraction of sp³-hybridized carbons (Fsp3) is 0.147. The lowest BCUT2D eigenvalue weighted by Crippen LogP contribution is -2.18. The van der Waals surface area contributed by atoms with Crippen LogP contribution in [0.25, 0.3) is 99.2 Å². The summed E-state index contributed by atoms with van der Waals surface area (Å²) < 4.78 is 13.3. The van der Waals surface area contributed by atoms with Crippen LogP contribution in [-0.4, -0.2) is 0 Å². The van der Waals surface area contributed by atoms with Gasteiger partial charge in [-0.3, -0.25) is 0 Å². The molecule has 10 aromatic carbocycles. The molecular weight excluding hydrogens is 863 g/mol. The average Bonchev–Trinajstić information content (AvgIpc) is 4.13. The highest BCUT2D eigenvalue weighted by Gasteiger charge is 2.44. The van der Waals surface area contributed by atoms with E-state index in [0.29, 0.717) is 0 Å². The molecule has 3 nitrogen and oxygen atoms in total. The molecule has 2 heterocycles. The monoisotopic (exact) mass is 913 g/mol. The van der Waals surface area contributed by atoms with Gasteiger partial charge in [0.2, 0.25) is 0 Å². The third-order valence-corrected chi connectivity index (χ3v) is 17.1. The molecule has 0 N–H and O–H groups in total. The summed E-state index contributed by atoms with van der Waals surface area (Å²) in [6.07, 6.45) is 0. The van der Waals surface area contributed by atoms with Crippen LogP contribution >= 0.6 is 0 Å². The minimum absolute atomic E-state index is 0.177. The van der Waals surface area contributed by atoms with Crippen LogP contribution in [0.4, 0.5) is 17.1 Å². The lowest BCUT2D eigenvalue weighted by Gasteiger charge is -2.30. The molecule has 3 aliphatic carbocycles. The van der Waals surface area contributed by atoms with Gasteiger partial charge >= 0.3 is 0 Å². The number of hydrogen-bond donors (Lipinski definition) is 0. The number of fused-ring (bicyclic) bond motifs is 18. The maximum absolute atomic E-state index is 6.84. The third-order valence-electron chi connectivity index (χ3n) is 17.1. The number of hydrogen-bond acceptors (Lipinski definition) is 3. The van der Waals surface area contributed by atoms with Crippen LogP contribution in [0.5, 0.6) is 0 Å². The molecule has 0 bridgehead atoms. The number of anilines is 3. The standard InChI is InChI=1S/C68H51NO2/c1-38-23-25-40(26-24-38)48-35-56-61(64-47-19-11-13-22-59(47)71-65(48)64)45-30-28-42(34-53(45)68(56,6)7)69(57-20-14-16-39-15-8-9-17-43(39)57)41-27-29-44-49-36-55-50(37-54(49)67(4,5)52(44)33-41)62-51(66(55,2)3)31-32-60-63(62)46-18-10-12-21-58(46)70-60/h8-37H,1-7H3. The van der Waals surface area contributed by atoms with Crippen molar-refractivity contribution in [1.82, 2.24) is 0 Å². The van der Waals surface area contributed by atoms with Gasteiger partial charge in [0.05, 0.1) is 5.69 Å². The zero-order valence-electron chi connectivity index (χ0n) is 41.1. The Morgan fingerprint density at radius 3 is 1.68 bits per heavy atom. The highest BCUT2D eigenvalue weighted by molar-refractivity contribution is 6.19. The molecule has 0 spiro atoms. The Morgan fingerprint density at radius 1 is 0.366 bits per heavy atom. The van der Waals surface area contributed by atoms with E-state index < -0.39 is 0 Å². The van der Waals surface area contributed by atoms with Crippen molar-refractivity contribution in [2.45, 2.75) is 64.7 Å². The lowest BCUT2D eigenvalue weighted by molar-refractivity contribution is 0.651. The first-order valence-electron chi connectivity index (χ1n) is 25.2. The van der Waals surface area contributed by atoms with Crippen LogP contribution in [0.3, 0.4) is 0 Å². The van der Waals surface area contributed by atoms with Crippen LogP contribution in [0.15, 0.2) is 191 Å². The van der Waals surface area contributed by atoms with E-state index in [4.69, 9.17) is 8.83 Å². The number of furan rings is 2. The summed E-state index contributed by atoms with van der Waals surface area (Å²) >= 11 is 0. The second kappa shape index (κ2) is 13.8. The topological polar surface area (TPSA) is 29.5 Å². The van der Waals surface area contributed by atoms with E-state index in [1.807, 2.05) is 0 Å². The Labute approximate surface area is 413 Å². The van der Waals surface area contributed by atoms with Crippen molar-refractivity contribution in [3.63, 3.8) is 0 Å². The van der Waals surface area contributed by atoms with Crippen molar-refractivity contribution in [2.24, 2.45) is 0 Å². The van der Waals surface area contributed by atoms with Gasteiger partial charge in [-0.2, -0.15) is 0 Å². The first-order valence-corrected chi connectivity index (χ1v) is 25.2. The minimum Gasteiger partial charge on any atom is -0.456 e. The maximum Gasteiger partial charge on any atom is 0.143 e. The third kappa shape index (κ3) is 5.33. The molecule has 0 amide bonds. The summed E-state index contributed by atoms with van der Waals surface area (Å²) in [6.45, 7) is 16.6. The van der Waals surface area contributed by atoms with E-state index in [0.717, 1.165) is 50.3 Å². The van der Waals surface area contributed by atoms with E-state index >= 15 is 0 Å². The second-order valence-electron chi connectivity index (χ2n) is 22.1. The molecular formula is C68H51NO2. The Balaban J connectivity index is 0.917. The largest absolute Gasteiger partial charge is 0.456 e. The Bertz CT molecular complexity index is 4320. The summed E-state index contributed by atoms with van der Waals surface area (Å²) in [5.74, 6) is 0. The Hall–Kier alpha value is -8.14. The first-order chi connectivity index (χ1) is 34.4. The van der Waals surface area contributed by atoms with Gasteiger partial charge in [0, 0.05) is 60.1 Å². The van der Waals surface area contributed by atoms with E-state index in [-0.39, 0.29) is 16.2 Å². The highest BCUT2D eigenvalue weighted by atomic mass is 16.3. The fourth-order valence-corrected chi connectivity index (χ4v) is 13.4. The summed E-state index contributed by atoms with van der Waals surface area (Å²) in [7, 11) is 0. The molecule has 12 aromatic rings. The minimum atomic E-state index is -0.306. The second-order valence-corrected chi connectivity index (χ2v) is 22.1. The van der Waals surface area contributed by atoms with Crippen LogP contribution < -0.4 is 4.90 Å². The van der Waals surface area contributed by atoms with Gasteiger partial charge in [-0.1, -0.05) is 162 Å². The molecule has 3 heteroatoms. The van der Waals surface area contributed by atoms with E-state index in [1.54, 1.807) is 0 Å². The normalized spacial score (nSPS) is 15.3. The Morgan fingerprint density at radius 2 is 0.915 bits per heavy atom. The van der Waals surface area contributed by atoms with Crippen molar-refractivity contribution in [3.05, 3.63) is 221 Å². The van der Waals surface area contributed by atoms with Gasteiger partial charge < -0.3 is 13.7 Å². The maximum atomic E-state index is 6.84. The van der Waals surface area contributed by atoms with E-state index in [9.17, 15) is 0 Å². The molecule has 71 heavy (non-hydrogen) atoms. The summed E-state index contributed by atoms with van der Waals surface area (Å²) in [6, 6.07) is 67.9.